The molecule has 3 rings (SSSR count). The first-order valence-electron chi connectivity index (χ1n) is 6.19. The lowest BCUT2D eigenvalue weighted by molar-refractivity contribution is 0.714. The molecule has 0 radical (unpaired) electrons. The van der Waals surface area contributed by atoms with Gasteiger partial charge in [-0.1, -0.05) is 0 Å². The Morgan fingerprint density at radius 3 is 3.00 bits per heavy atom. The quantitative estimate of drug-likeness (QED) is 0.880. The van der Waals surface area contributed by atoms with Gasteiger partial charge >= 0.3 is 0 Å². The summed E-state index contributed by atoms with van der Waals surface area (Å²) in [6.07, 6.45) is 6.63. The van der Waals surface area contributed by atoms with E-state index in [9.17, 15) is 0 Å². The van der Waals surface area contributed by atoms with Crippen molar-refractivity contribution in [3.8, 4) is 0 Å². The molecule has 0 aromatic carbocycles. The molecule has 1 atom stereocenters. The van der Waals surface area contributed by atoms with E-state index in [-0.39, 0.29) is 6.04 Å². The smallest absolute Gasteiger partial charge is 0.154 e. The summed E-state index contributed by atoms with van der Waals surface area (Å²) in [6.45, 7) is 2.06. The number of hydrogen-bond acceptors (Lipinski definition) is 5. The third-order valence-electron chi connectivity index (χ3n) is 3.36. The van der Waals surface area contributed by atoms with Gasteiger partial charge in [0.1, 0.15) is 18.5 Å². The van der Waals surface area contributed by atoms with Crippen molar-refractivity contribution in [2.45, 2.75) is 32.2 Å². The van der Waals surface area contributed by atoms with Gasteiger partial charge in [0, 0.05) is 18.3 Å². The fraction of sp³-hybridized carbons (Fsp3) is 0.500. The zero-order valence-electron chi connectivity index (χ0n) is 10.6. The summed E-state index contributed by atoms with van der Waals surface area (Å²) in [4.78, 5) is 8.67. The second-order valence-corrected chi connectivity index (χ2v) is 4.67. The zero-order chi connectivity index (χ0) is 12.5. The van der Waals surface area contributed by atoms with Crippen LogP contribution in [0.2, 0.25) is 0 Å². The Kier molecular flexibility index (Phi) is 2.70. The van der Waals surface area contributed by atoms with Crippen LogP contribution in [0.5, 0.6) is 0 Å². The maximum absolute atomic E-state index is 4.35. The minimum atomic E-state index is 0.0806. The van der Waals surface area contributed by atoms with E-state index in [1.165, 1.54) is 17.7 Å². The van der Waals surface area contributed by atoms with Gasteiger partial charge in [-0.25, -0.2) is 9.97 Å². The Morgan fingerprint density at radius 1 is 1.33 bits per heavy atom. The molecular formula is C12H16N6. The molecule has 6 heteroatoms. The minimum Gasteiger partial charge on any atom is -0.360 e. The summed E-state index contributed by atoms with van der Waals surface area (Å²) in [7, 11) is 1.94. The van der Waals surface area contributed by atoms with Crippen LogP contribution in [-0.4, -0.2) is 24.7 Å². The summed E-state index contributed by atoms with van der Waals surface area (Å²) < 4.78 is 1.92. The highest BCUT2D eigenvalue weighted by Gasteiger charge is 2.19. The standard InChI is InChI=1S/C12H16N6/c1-8(12-17-15-7-18(12)2)16-11-9-4-3-5-10(9)13-6-14-11/h6-8H,3-5H2,1-2H3,(H,13,14,16). The van der Waals surface area contributed by atoms with E-state index in [2.05, 4.69) is 32.4 Å². The number of hydrogen-bond donors (Lipinski definition) is 1. The van der Waals surface area contributed by atoms with Crippen molar-refractivity contribution < 1.29 is 0 Å². The molecule has 0 bridgehead atoms. The number of aryl methyl sites for hydroxylation is 2. The first kappa shape index (κ1) is 11.1. The number of rotatable bonds is 3. The van der Waals surface area contributed by atoms with Crippen molar-refractivity contribution in [1.29, 1.82) is 0 Å². The van der Waals surface area contributed by atoms with Crippen molar-refractivity contribution in [2.24, 2.45) is 7.05 Å². The predicted octanol–water partition coefficient (Wildman–Crippen LogP) is 1.27. The number of aromatic nitrogens is 5. The van der Waals surface area contributed by atoms with Gasteiger partial charge in [-0.15, -0.1) is 10.2 Å². The van der Waals surface area contributed by atoms with E-state index in [1.807, 2.05) is 11.6 Å². The second-order valence-electron chi connectivity index (χ2n) is 4.67. The summed E-state index contributed by atoms with van der Waals surface area (Å²) in [5, 5.41) is 11.4. The third-order valence-corrected chi connectivity index (χ3v) is 3.36. The Hall–Kier alpha value is -1.98. The molecular weight excluding hydrogens is 228 g/mol. The van der Waals surface area contributed by atoms with E-state index >= 15 is 0 Å². The van der Waals surface area contributed by atoms with E-state index < -0.39 is 0 Å². The fourth-order valence-electron chi connectivity index (χ4n) is 2.44. The molecule has 0 saturated carbocycles. The molecule has 94 valence electrons. The van der Waals surface area contributed by atoms with Crippen LogP contribution < -0.4 is 5.32 Å². The van der Waals surface area contributed by atoms with Gasteiger partial charge in [-0.2, -0.15) is 0 Å². The van der Waals surface area contributed by atoms with Gasteiger partial charge in [-0.3, -0.25) is 0 Å². The molecule has 1 unspecified atom stereocenters. The number of nitrogens with zero attached hydrogens (tertiary/aromatic N) is 5. The molecule has 6 nitrogen and oxygen atoms in total. The number of fused-ring (bicyclic) bond motifs is 1. The van der Waals surface area contributed by atoms with Crippen molar-refractivity contribution >= 4 is 5.82 Å². The maximum Gasteiger partial charge on any atom is 0.154 e. The average Bonchev–Trinajstić information content (AvgIpc) is 2.97. The van der Waals surface area contributed by atoms with E-state index in [1.54, 1.807) is 12.7 Å². The molecule has 0 saturated heterocycles. The lowest BCUT2D eigenvalue weighted by atomic mass is 10.2. The van der Waals surface area contributed by atoms with Crippen molar-refractivity contribution in [3.05, 3.63) is 29.7 Å². The highest BCUT2D eigenvalue weighted by Crippen LogP contribution is 2.27. The van der Waals surface area contributed by atoms with Crippen LogP contribution in [-0.2, 0) is 19.9 Å². The molecule has 0 spiro atoms. The molecule has 2 aromatic heterocycles. The molecule has 1 aliphatic rings. The van der Waals surface area contributed by atoms with Gasteiger partial charge in [-0.05, 0) is 26.2 Å². The number of nitrogens with one attached hydrogen (secondary N) is 1. The average molecular weight is 244 g/mol. The molecule has 2 aromatic rings. The number of anilines is 1. The van der Waals surface area contributed by atoms with Crippen LogP contribution in [0.4, 0.5) is 5.82 Å². The normalized spacial score (nSPS) is 15.4. The largest absolute Gasteiger partial charge is 0.360 e. The van der Waals surface area contributed by atoms with Crippen LogP contribution in [0.1, 0.15) is 36.5 Å². The molecule has 1 N–H and O–H groups in total. The summed E-state index contributed by atoms with van der Waals surface area (Å²) in [6, 6.07) is 0.0806. The van der Waals surface area contributed by atoms with Crippen molar-refractivity contribution in [3.63, 3.8) is 0 Å². The van der Waals surface area contributed by atoms with Gasteiger partial charge < -0.3 is 9.88 Å². The molecule has 0 fully saturated rings. The monoisotopic (exact) mass is 244 g/mol. The Labute approximate surface area is 105 Å². The Balaban J connectivity index is 1.85. The Bertz CT molecular complexity index is 561. The van der Waals surface area contributed by atoms with Gasteiger partial charge in [0.25, 0.3) is 0 Å². The third kappa shape index (κ3) is 1.83. The second kappa shape index (κ2) is 4.36. The zero-order valence-corrected chi connectivity index (χ0v) is 10.6. The summed E-state index contributed by atoms with van der Waals surface area (Å²) in [5.41, 5.74) is 2.43. The van der Waals surface area contributed by atoms with Gasteiger partial charge in [0.05, 0.1) is 6.04 Å². The van der Waals surface area contributed by atoms with Crippen LogP contribution in [0, 0.1) is 0 Å². The topological polar surface area (TPSA) is 68.5 Å². The first-order chi connectivity index (χ1) is 8.75. The first-order valence-corrected chi connectivity index (χ1v) is 6.19. The van der Waals surface area contributed by atoms with Crippen LogP contribution in [0.25, 0.3) is 0 Å². The van der Waals surface area contributed by atoms with Crippen LogP contribution in [0.3, 0.4) is 0 Å². The van der Waals surface area contributed by atoms with E-state index in [4.69, 9.17) is 0 Å². The van der Waals surface area contributed by atoms with Crippen molar-refractivity contribution in [2.75, 3.05) is 5.32 Å². The molecule has 0 aliphatic heterocycles. The minimum absolute atomic E-state index is 0.0806. The SMILES string of the molecule is CC(Nc1ncnc2c1CCC2)c1nncn1C. The highest BCUT2D eigenvalue weighted by atomic mass is 15.3. The molecule has 2 heterocycles. The van der Waals surface area contributed by atoms with Crippen LogP contribution in [0.15, 0.2) is 12.7 Å². The van der Waals surface area contributed by atoms with E-state index in [0.717, 1.165) is 24.5 Å². The van der Waals surface area contributed by atoms with Crippen molar-refractivity contribution in [1.82, 2.24) is 24.7 Å². The highest BCUT2D eigenvalue weighted by molar-refractivity contribution is 5.48. The summed E-state index contributed by atoms with van der Waals surface area (Å²) >= 11 is 0. The molecule has 18 heavy (non-hydrogen) atoms. The fourth-order valence-corrected chi connectivity index (χ4v) is 2.44. The van der Waals surface area contributed by atoms with Gasteiger partial charge in [0.2, 0.25) is 0 Å². The summed E-state index contributed by atoms with van der Waals surface area (Å²) in [5.74, 6) is 1.84. The molecule has 0 amide bonds. The molecule has 1 aliphatic carbocycles. The lowest BCUT2D eigenvalue weighted by Crippen LogP contribution is -2.14. The maximum atomic E-state index is 4.35. The predicted molar refractivity (Wildman–Crippen MR) is 67.1 cm³/mol. The van der Waals surface area contributed by atoms with Gasteiger partial charge in [0.15, 0.2) is 5.82 Å². The Morgan fingerprint density at radius 2 is 2.22 bits per heavy atom. The lowest BCUT2D eigenvalue weighted by Gasteiger charge is -2.15. The van der Waals surface area contributed by atoms with Crippen LogP contribution >= 0.6 is 0 Å². The van der Waals surface area contributed by atoms with E-state index in [0.29, 0.717) is 0 Å².